The first-order valence-electron chi connectivity index (χ1n) is 9.65. The molecule has 28 heavy (non-hydrogen) atoms. The van der Waals surface area contributed by atoms with Crippen LogP contribution in [0.4, 0.5) is 0 Å². The van der Waals surface area contributed by atoms with Crippen LogP contribution in [0.15, 0.2) is 83.4 Å². The molecule has 1 aliphatic rings. The maximum absolute atomic E-state index is 6.43. The molecule has 3 heteroatoms. The van der Waals surface area contributed by atoms with E-state index in [4.69, 9.17) is 4.42 Å². The van der Waals surface area contributed by atoms with Crippen LogP contribution in [0.25, 0.3) is 44.3 Å². The van der Waals surface area contributed by atoms with E-state index < -0.39 is 13.3 Å². The molecule has 134 valence electrons. The van der Waals surface area contributed by atoms with E-state index in [1.165, 1.54) is 21.9 Å². The molecule has 0 unspecified atom stereocenters. The van der Waals surface area contributed by atoms with Gasteiger partial charge in [0.15, 0.2) is 0 Å². The van der Waals surface area contributed by atoms with Crippen molar-refractivity contribution in [2.45, 2.75) is 11.5 Å². The van der Waals surface area contributed by atoms with Crippen molar-refractivity contribution in [3.63, 3.8) is 0 Å². The molecule has 2 aromatic heterocycles. The molecule has 0 fully saturated rings. The predicted molar refractivity (Wildman–Crippen MR) is 119 cm³/mol. The molecule has 6 rings (SSSR count). The number of furan rings is 1. The zero-order chi connectivity index (χ0) is 18.9. The van der Waals surface area contributed by atoms with Crippen molar-refractivity contribution in [2.75, 3.05) is 0 Å². The van der Waals surface area contributed by atoms with Crippen LogP contribution in [-0.2, 0) is 0 Å². The fourth-order valence-corrected chi connectivity index (χ4v) is 11.2. The van der Waals surface area contributed by atoms with E-state index >= 15 is 0 Å². The van der Waals surface area contributed by atoms with Gasteiger partial charge in [-0.2, -0.15) is 0 Å². The van der Waals surface area contributed by atoms with Crippen molar-refractivity contribution in [1.82, 2.24) is 4.98 Å². The van der Waals surface area contributed by atoms with Crippen LogP contribution in [0.3, 0.4) is 0 Å². The van der Waals surface area contributed by atoms with E-state index in [0.717, 1.165) is 22.4 Å². The maximum atomic E-state index is 6.43. The Kier molecular flexibility index (Phi) is 3.22. The average molecular weight is 422 g/mol. The molecule has 2 nitrogen and oxygen atoms in total. The third-order valence-corrected chi connectivity index (χ3v) is 13.6. The Bertz CT molecular complexity index is 1380. The Morgan fingerprint density at radius 2 is 1.54 bits per heavy atom. The number of hydrogen-bond acceptors (Lipinski definition) is 2. The fourth-order valence-electron chi connectivity index (χ4n) is 4.72. The molecule has 0 saturated carbocycles. The third-order valence-electron chi connectivity index (χ3n) is 6.14. The number of nitrogens with zero attached hydrogens (tertiary/aromatic N) is 1. The zero-order valence-corrected chi connectivity index (χ0v) is 18.0. The van der Waals surface area contributed by atoms with Crippen LogP contribution in [0.5, 0.6) is 0 Å². The number of hydrogen-bond donors (Lipinski definition) is 0. The van der Waals surface area contributed by atoms with Crippen LogP contribution >= 0.6 is 0 Å². The molecule has 0 N–H and O–H groups in total. The first kappa shape index (κ1) is 16.1. The second kappa shape index (κ2) is 5.58. The summed E-state index contributed by atoms with van der Waals surface area (Å²) < 4.78 is 9.56. The quantitative estimate of drug-likeness (QED) is 0.336. The predicted octanol–water partition coefficient (Wildman–Crippen LogP) is 5.45. The summed E-state index contributed by atoms with van der Waals surface area (Å²) in [6, 6.07) is 26.0. The summed E-state index contributed by atoms with van der Waals surface area (Å²) in [5, 5.41) is 2.40. The fraction of sp³-hybridized carbons (Fsp3) is 0.0800. The Morgan fingerprint density at radius 3 is 2.39 bits per heavy atom. The van der Waals surface area contributed by atoms with Gasteiger partial charge in [0.2, 0.25) is 0 Å². The van der Waals surface area contributed by atoms with E-state index in [1.54, 1.807) is 8.79 Å². The summed E-state index contributed by atoms with van der Waals surface area (Å²) >= 11 is -2.28. The van der Waals surface area contributed by atoms with E-state index in [9.17, 15) is 0 Å². The molecular formula is C25H19GeNO. The third kappa shape index (κ3) is 2.07. The van der Waals surface area contributed by atoms with E-state index in [1.807, 2.05) is 24.4 Å². The first-order chi connectivity index (χ1) is 13.6. The topological polar surface area (TPSA) is 26.0 Å². The molecular weight excluding hydrogens is 403 g/mol. The molecule has 3 aromatic carbocycles. The monoisotopic (exact) mass is 423 g/mol. The van der Waals surface area contributed by atoms with Gasteiger partial charge in [-0.05, 0) is 0 Å². The molecule has 0 atom stereocenters. The summed E-state index contributed by atoms with van der Waals surface area (Å²) in [5.41, 5.74) is 6.66. The standard InChI is InChI=1S/C25H19GeNO/c1-26(2)21-11-4-3-8-16(21)19-15-24-20(14-22(19)26)17-9-7-10-18(25(17)28-24)23-12-5-6-13-27-23/h3-15H,1-2H3. The van der Waals surface area contributed by atoms with Crippen LogP contribution in [0.2, 0.25) is 11.5 Å². The summed E-state index contributed by atoms with van der Waals surface area (Å²) in [6.45, 7) is 0. The normalized spacial score (nSPS) is 14.4. The molecule has 0 radical (unpaired) electrons. The van der Waals surface area contributed by atoms with Crippen LogP contribution in [0.1, 0.15) is 0 Å². The van der Waals surface area contributed by atoms with Gasteiger partial charge < -0.3 is 0 Å². The van der Waals surface area contributed by atoms with Gasteiger partial charge in [-0.15, -0.1) is 0 Å². The summed E-state index contributed by atoms with van der Waals surface area (Å²) in [4.78, 5) is 4.53. The number of para-hydroxylation sites is 1. The van der Waals surface area contributed by atoms with Gasteiger partial charge in [0, 0.05) is 0 Å². The van der Waals surface area contributed by atoms with Crippen LogP contribution < -0.4 is 8.79 Å². The summed E-state index contributed by atoms with van der Waals surface area (Å²) in [6.07, 6.45) is 1.83. The molecule has 0 aliphatic carbocycles. The number of fused-ring (bicyclic) bond motifs is 6. The van der Waals surface area contributed by atoms with Crippen molar-refractivity contribution < 1.29 is 4.42 Å². The number of aromatic nitrogens is 1. The molecule has 0 amide bonds. The zero-order valence-electron chi connectivity index (χ0n) is 15.9. The molecule has 0 saturated heterocycles. The van der Waals surface area contributed by atoms with Gasteiger partial charge in [0.05, 0.1) is 0 Å². The minimum atomic E-state index is -2.28. The molecule has 3 heterocycles. The van der Waals surface area contributed by atoms with Gasteiger partial charge in [-0.25, -0.2) is 0 Å². The van der Waals surface area contributed by atoms with E-state index in [2.05, 4.69) is 71.1 Å². The Balaban J connectivity index is 1.69. The SMILES string of the molecule is [CH3][Ge]1([CH3])[c]2ccccc2-c2cc3oc4c(-c5ccccn5)cccc4c3c[c]21. The minimum absolute atomic E-state index is 0.929. The Morgan fingerprint density at radius 1 is 0.714 bits per heavy atom. The van der Waals surface area contributed by atoms with Gasteiger partial charge >= 0.3 is 166 Å². The second-order valence-corrected chi connectivity index (χ2v) is 17.1. The van der Waals surface area contributed by atoms with Crippen molar-refractivity contribution in [2.24, 2.45) is 0 Å². The number of benzene rings is 3. The first-order valence-corrected chi connectivity index (χ1v) is 15.9. The van der Waals surface area contributed by atoms with Crippen molar-refractivity contribution >= 4 is 44.0 Å². The number of pyridine rings is 1. The molecule has 1 aliphatic heterocycles. The van der Waals surface area contributed by atoms with E-state index in [0.29, 0.717) is 0 Å². The van der Waals surface area contributed by atoms with Gasteiger partial charge in [-0.3, -0.25) is 0 Å². The van der Waals surface area contributed by atoms with Crippen LogP contribution in [0, 0.1) is 0 Å². The Labute approximate surface area is 166 Å². The summed E-state index contributed by atoms with van der Waals surface area (Å²) in [7, 11) is 0. The second-order valence-electron chi connectivity index (χ2n) is 8.06. The van der Waals surface area contributed by atoms with Crippen molar-refractivity contribution in [3.05, 3.63) is 79.0 Å². The van der Waals surface area contributed by atoms with Crippen molar-refractivity contribution in [1.29, 1.82) is 0 Å². The molecule has 0 bridgehead atoms. The van der Waals surface area contributed by atoms with Crippen LogP contribution in [-0.4, -0.2) is 18.3 Å². The molecule has 0 spiro atoms. The number of rotatable bonds is 1. The van der Waals surface area contributed by atoms with E-state index in [-0.39, 0.29) is 0 Å². The van der Waals surface area contributed by atoms with Gasteiger partial charge in [-0.1, -0.05) is 0 Å². The van der Waals surface area contributed by atoms with Gasteiger partial charge in [0.1, 0.15) is 0 Å². The Hall–Kier alpha value is -2.85. The molecule has 5 aromatic rings. The van der Waals surface area contributed by atoms with Crippen molar-refractivity contribution in [3.8, 4) is 22.4 Å². The average Bonchev–Trinajstić information content (AvgIpc) is 3.20. The summed E-state index contributed by atoms with van der Waals surface area (Å²) in [5.74, 6) is 5.00. The van der Waals surface area contributed by atoms with Gasteiger partial charge in [0.25, 0.3) is 0 Å².